The average molecular weight is 389 g/mol. The molecule has 9 heteroatoms. The van der Waals surface area contributed by atoms with E-state index in [1.54, 1.807) is 27.3 Å². The van der Waals surface area contributed by atoms with Gasteiger partial charge >= 0.3 is 0 Å². The minimum atomic E-state index is -0.524. The standard InChI is InChI=1S/C19H23N3O6/c1-21(11-13-5-7-15(26-2)10-17(13)27-3)12-19(23)20-16-8-6-14(22(24)25)9-18(16)28-4/h5-10H,11-12H2,1-4H3,(H,20,23). The summed E-state index contributed by atoms with van der Waals surface area (Å²) in [5, 5.41) is 13.6. The van der Waals surface area contributed by atoms with Crippen LogP contribution in [0.4, 0.5) is 11.4 Å². The summed E-state index contributed by atoms with van der Waals surface area (Å²) >= 11 is 0. The SMILES string of the molecule is COc1ccc(CN(C)CC(=O)Nc2ccc([N+](=O)[O-])cc2OC)c(OC)c1. The second kappa shape index (κ2) is 9.56. The van der Waals surface area contributed by atoms with Gasteiger partial charge in [-0.2, -0.15) is 0 Å². The van der Waals surface area contributed by atoms with E-state index in [-0.39, 0.29) is 23.9 Å². The van der Waals surface area contributed by atoms with Crippen molar-refractivity contribution in [2.24, 2.45) is 0 Å². The maximum absolute atomic E-state index is 12.4. The topological polar surface area (TPSA) is 103 Å². The smallest absolute Gasteiger partial charge is 0.273 e. The molecule has 1 N–H and O–H groups in total. The fourth-order valence-electron chi connectivity index (χ4n) is 2.66. The summed E-state index contributed by atoms with van der Waals surface area (Å²) in [4.78, 5) is 24.5. The lowest BCUT2D eigenvalue weighted by atomic mass is 10.1. The van der Waals surface area contributed by atoms with Gasteiger partial charge in [-0.25, -0.2) is 0 Å². The Balaban J connectivity index is 2.02. The van der Waals surface area contributed by atoms with Gasteiger partial charge in [0.2, 0.25) is 5.91 Å². The molecule has 150 valence electrons. The quantitative estimate of drug-likeness (QED) is 0.519. The zero-order valence-corrected chi connectivity index (χ0v) is 16.2. The first-order valence-electron chi connectivity index (χ1n) is 8.39. The predicted octanol–water partition coefficient (Wildman–Crippen LogP) is 2.69. The average Bonchev–Trinajstić information content (AvgIpc) is 2.68. The van der Waals surface area contributed by atoms with Gasteiger partial charge in [0.05, 0.1) is 44.6 Å². The maximum Gasteiger partial charge on any atom is 0.273 e. The van der Waals surface area contributed by atoms with E-state index in [9.17, 15) is 14.9 Å². The lowest BCUT2D eigenvalue weighted by Crippen LogP contribution is -2.30. The Morgan fingerprint density at radius 1 is 1.07 bits per heavy atom. The molecule has 2 aromatic carbocycles. The first-order chi connectivity index (χ1) is 13.4. The Bertz CT molecular complexity index is 856. The number of hydrogen-bond acceptors (Lipinski definition) is 7. The van der Waals surface area contributed by atoms with Crippen molar-refractivity contribution >= 4 is 17.3 Å². The molecule has 0 aliphatic carbocycles. The van der Waals surface area contributed by atoms with E-state index in [0.717, 1.165) is 5.56 Å². The number of benzene rings is 2. The van der Waals surface area contributed by atoms with Crippen LogP contribution < -0.4 is 19.5 Å². The van der Waals surface area contributed by atoms with Crippen LogP contribution in [0.1, 0.15) is 5.56 Å². The van der Waals surface area contributed by atoms with Crippen molar-refractivity contribution in [1.82, 2.24) is 4.90 Å². The number of carbonyl (C=O) groups is 1. The van der Waals surface area contributed by atoms with E-state index in [4.69, 9.17) is 14.2 Å². The molecule has 0 radical (unpaired) electrons. The molecular formula is C19H23N3O6. The van der Waals surface area contributed by atoms with Gasteiger partial charge in [-0.05, 0) is 19.2 Å². The maximum atomic E-state index is 12.4. The summed E-state index contributed by atoms with van der Waals surface area (Å²) in [5.41, 5.74) is 1.17. The third kappa shape index (κ3) is 5.34. The molecule has 0 bridgehead atoms. The third-order valence-electron chi connectivity index (χ3n) is 4.02. The Labute approximate surface area is 163 Å². The second-order valence-electron chi connectivity index (χ2n) is 6.04. The minimum absolute atomic E-state index is 0.106. The summed E-state index contributed by atoms with van der Waals surface area (Å²) in [7, 11) is 6.34. The number of nitro benzene ring substituents is 1. The van der Waals surface area contributed by atoms with Crippen LogP contribution in [0, 0.1) is 10.1 Å². The van der Waals surface area contributed by atoms with Crippen LogP contribution in [0.25, 0.3) is 0 Å². The molecular weight excluding hydrogens is 366 g/mol. The summed E-state index contributed by atoms with van der Waals surface area (Å²) in [6, 6.07) is 9.51. The summed E-state index contributed by atoms with van der Waals surface area (Å²) < 4.78 is 15.7. The van der Waals surface area contributed by atoms with Gasteiger partial charge in [-0.15, -0.1) is 0 Å². The van der Waals surface area contributed by atoms with E-state index in [1.165, 1.54) is 25.3 Å². The lowest BCUT2D eigenvalue weighted by Gasteiger charge is -2.19. The number of carbonyl (C=O) groups excluding carboxylic acids is 1. The van der Waals surface area contributed by atoms with Crippen LogP contribution in [-0.4, -0.2) is 50.7 Å². The first-order valence-corrected chi connectivity index (χ1v) is 8.39. The van der Waals surface area contributed by atoms with Crippen LogP contribution in [0.15, 0.2) is 36.4 Å². The molecule has 0 saturated carbocycles. The Morgan fingerprint density at radius 2 is 1.79 bits per heavy atom. The van der Waals surface area contributed by atoms with E-state index in [2.05, 4.69) is 5.32 Å². The van der Waals surface area contributed by atoms with Crippen LogP contribution >= 0.6 is 0 Å². The van der Waals surface area contributed by atoms with Gasteiger partial charge < -0.3 is 19.5 Å². The number of anilines is 1. The number of likely N-dealkylation sites (N-methyl/N-ethyl adjacent to an activating group) is 1. The molecule has 0 aliphatic heterocycles. The van der Waals surface area contributed by atoms with Crippen LogP contribution in [-0.2, 0) is 11.3 Å². The van der Waals surface area contributed by atoms with Crippen molar-refractivity contribution in [1.29, 1.82) is 0 Å². The minimum Gasteiger partial charge on any atom is -0.497 e. The third-order valence-corrected chi connectivity index (χ3v) is 4.02. The predicted molar refractivity (Wildman–Crippen MR) is 104 cm³/mol. The highest BCUT2D eigenvalue weighted by Crippen LogP contribution is 2.29. The van der Waals surface area contributed by atoms with Crippen molar-refractivity contribution in [3.8, 4) is 17.2 Å². The van der Waals surface area contributed by atoms with E-state index in [0.29, 0.717) is 23.7 Å². The molecule has 2 rings (SSSR count). The highest BCUT2D eigenvalue weighted by Gasteiger charge is 2.15. The Kier molecular flexibility index (Phi) is 7.16. The molecule has 2 aromatic rings. The number of nitrogens with one attached hydrogen (secondary N) is 1. The van der Waals surface area contributed by atoms with E-state index in [1.807, 2.05) is 17.0 Å². The van der Waals surface area contributed by atoms with Crippen LogP contribution in [0.5, 0.6) is 17.2 Å². The molecule has 0 saturated heterocycles. The molecule has 0 aliphatic rings. The zero-order valence-electron chi connectivity index (χ0n) is 16.2. The van der Waals surface area contributed by atoms with Crippen LogP contribution in [0.2, 0.25) is 0 Å². The first kappa shape index (κ1) is 21.0. The molecule has 0 fully saturated rings. The molecule has 1 amide bonds. The van der Waals surface area contributed by atoms with Crippen molar-refractivity contribution in [2.45, 2.75) is 6.54 Å². The van der Waals surface area contributed by atoms with Gasteiger partial charge in [0.15, 0.2) is 0 Å². The molecule has 0 heterocycles. The summed E-state index contributed by atoms with van der Waals surface area (Å²) in [6.45, 7) is 0.591. The monoisotopic (exact) mass is 389 g/mol. The van der Waals surface area contributed by atoms with Gasteiger partial charge in [0.25, 0.3) is 5.69 Å². The Morgan fingerprint density at radius 3 is 2.39 bits per heavy atom. The molecule has 0 unspecified atom stereocenters. The highest BCUT2D eigenvalue weighted by molar-refractivity contribution is 5.93. The van der Waals surface area contributed by atoms with Gasteiger partial charge in [0.1, 0.15) is 17.2 Å². The normalized spacial score (nSPS) is 10.5. The van der Waals surface area contributed by atoms with Crippen molar-refractivity contribution in [3.63, 3.8) is 0 Å². The fourth-order valence-corrected chi connectivity index (χ4v) is 2.66. The lowest BCUT2D eigenvalue weighted by molar-refractivity contribution is -0.384. The molecule has 0 spiro atoms. The molecule has 0 atom stereocenters. The molecule has 0 aromatic heterocycles. The number of hydrogen-bond donors (Lipinski definition) is 1. The second-order valence-corrected chi connectivity index (χ2v) is 6.04. The van der Waals surface area contributed by atoms with Crippen molar-refractivity contribution in [2.75, 3.05) is 40.2 Å². The van der Waals surface area contributed by atoms with Crippen molar-refractivity contribution < 1.29 is 23.9 Å². The molecule has 9 nitrogen and oxygen atoms in total. The highest BCUT2D eigenvalue weighted by atomic mass is 16.6. The van der Waals surface area contributed by atoms with Gasteiger partial charge in [-0.1, -0.05) is 6.07 Å². The number of rotatable bonds is 9. The number of nitrogens with zero attached hydrogens (tertiary/aromatic N) is 2. The zero-order chi connectivity index (χ0) is 20.7. The summed E-state index contributed by atoms with van der Waals surface area (Å²) in [6.07, 6.45) is 0. The number of methoxy groups -OCH3 is 3. The van der Waals surface area contributed by atoms with E-state index >= 15 is 0 Å². The summed E-state index contributed by atoms with van der Waals surface area (Å²) in [5.74, 6) is 1.30. The van der Waals surface area contributed by atoms with Gasteiger partial charge in [0, 0.05) is 24.2 Å². The number of nitro groups is 1. The Hall–Kier alpha value is -3.33. The number of ether oxygens (including phenoxy) is 3. The number of amides is 1. The molecule has 28 heavy (non-hydrogen) atoms. The van der Waals surface area contributed by atoms with E-state index < -0.39 is 4.92 Å². The van der Waals surface area contributed by atoms with Crippen LogP contribution in [0.3, 0.4) is 0 Å². The number of non-ortho nitro benzene ring substituents is 1. The largest absolute Gasteiger partial charge is 0.497 e. The van der Waals surface area contributed by atoms with Crippen molar-refractivity contribution in [3.05, 3.63) is 52.1 Å². The fraction of sp³-hybridized carbons (Fsp3) is 0.316. The van der Waals surface area contributed by atoms with Gasteiger partial charge in [-0.3, -0.25) is 19.8 Å².